The normalized spacial score (nSPS) is 16.5. The number of hydrogen-bond acceptors (Lipinski definition) is 3. The zero-order valence-electron chi connectivity index (χ0n) is 13.7. The highest BCUT2D eigenvalue weighted by Crippen LogP contribution is 2.34. The van der Waals surface area contributed by atoms with Crippen LogP contribution in [0.25, 0.3) is 0 Å². The number of benzene rings is 1. The summed E-state index contributed by atoms with van der Waals surface area (Å²) in [6.07, 6.45) is 4.60. The first-order chi connectivity index (χ1) is 11.5. The van der Waals surface area contributed by atoms with Gasteiger partial charge in [0.05, 0.1) is 5.69 Å². The number of halogens is 2. The molecule has 24 heavy (non-hydrogen) atoms. The minimum Gasteiger partial charge on any atom is -0.301 e. The van der Waals surface area contributed by atoms with Crippen molar-refractivity contribution in [2.45, 2.75) is 55.9 Å². The zero-order valence-corrected chi connectivity index (χ0v) is 14.6. The van der Waals surface area contributed by atoms with Gasteiger partial charge in [-0.3, -0.25) is 4.79 Å². The number of rotatable bonds is 4. The van der Waals surface area contributed by atoms with Gasteiger partial charge in [0.1, 0.15) is 11.6 Å². The van der Waals surface area contributed by atoms with Crippen LogP contribution in [0.15, 0.2) is 28.2 Å². The van der Waals surface area contributed by atoms with Crippen LogP contribution in [-0.4, -0.2) is 15.2 Å². The van der Waals surface area contributed by atoms with Crippen LogP contribution >= 0.6 is 11.8 Å². The number of H-pyrrole nitrogens is 1. The van der Waals surface area contributed by atoms with E-state index >= 15 is 0 Å². The third-order valence-corrected chi connectivity index (χ3v) is 5.81. The van der Waals surface area contributed by atoms with E-state index in [-0.39, 0.29) is 11.1 Å². The summed E-state index contributed by atoms with van der Waals surface area (Å²) in [5.41, 5.74) is 0.545. The third-order valence-electron chi connectivity index (χ3n) is 4.59. The number of aromatic amines is 1. The fraction of sp³-hybridized carbons (Fsp3) is 0.444. The lowest BCUT2D eigenvalue weighted by Gasteiger charge is -2.17. The Hall–Kier alpha value is -1.69. The molecule has 2 aromatic rings. The van der Waals surface area contributed by atoms with E-state index in [0.29, 0.717) is 21.7 Å². The van der Waals surface area contributed by atoms with Crippen molar-refractivity contribution in [2.75, 3.05) is 0 Å². The lowest BCUT2D eigenvalue weighted by Crippen LogP contribution is -2.19. The van der Waals surface area contributed by atoms with Gasteiger partial charge in [0.15, 0.2) is 5.16 Å². The molecule has 0 spiro atoms. The number of thioether (sulfide) groups is 1. The average Bonchev–Trinajstić information content (AvgIpc) is 3.03. The van der Waals surface area contributed by atoms with Crippen LogP contribution in [0, 0.1) is 18.6 Å². The molecule has 0 bridgehead atoms. The van der Waals surface area contributed by atoms with Crippen molar-refractivity contribution in [1.29, 1.82) is 0 Å². The quantitative estimate of drug-likeness (QED) is 0.823. The van der Waals surface area contributed by atoms with E-state index in [9.17, 15) is 13.6 Å². The molecule has 0 saturated heterocycles. The molecule has 1 heterocycles. The Morgan fingerprint density at radius 2 is 1.88 bits per heavy atom. The summed E-state index contributed by atoms with van der Waals surface area (Å²) >= 11 is 1.56. The molecule has 0 aliphatic heterocycles. The first-order valence-electron chi connectivity index (χ1n) is 8.18. The Morgan fingerprint density at radius 1 is 1.25 bits per heavy atom. The Balaban J connectivity index is 1.99. The predicted molar refractivity (Wildman–Crippen MR) is 91.6 cm³/mol. The van der Waals surface area contributed by atoms with Crippen LogP contribution in [-0.2, 0) is 0 Å². The van der Waals surface area contributed by atoms with Gasteiger partial charge in [-0.25, -0.2) is 13.8 Å². The fourth-order valence-corrected chi connectivity index (χ4v) is 4.42. The average molecular weight is 350 g/mol. The molecule has 6 heteroatoms. The molecule has 0 amide bonds. The summed E-state index contributed by atoms with van der Waals surface area (Å²) in [6, 6.07) is 3.79. The SMILES string of the molecule is Cc1c([C@@H](C)c2c(F)cccc2F)nc(SC2CCCC2)[nH]c1=O. The molecule has 1 atom stereocenters. The van der Waals surface area contributed by atoms with Crippen LogP contribution in [0.4, 0.5) is 8.78 Å². The summed E-state index contributed by atoms with van der Waals surface area (Å²) in [4.78, 5) is 19.6. The third kappa shape index (κ3) is 3.38. The fourth-order valence-electron chi connectivity index (χ4n) is 3.23. The molecule has 1 aromatic carbocycles. The summed E-state index contributed by atoms with van der Waals surface area (Å²) < 4.78 is 28.2. The molecule has 1 aliphatic rings. The van der Waals surface area contributed by atoms with E-state index in [1.807, 2.05) is 0 Å². The Kier molecular flexibility index (Phi) is 5.04. The molecule has 128 valence electrons. The van der Waals surface area contributed by atoms with Crippen molar-refractivity contribution in [3.05, 3.63) is 57.0 Å². The number of nitrogens with one attached hydrogen (secondary N) is 1. The minimum absolute atomic E-state index is 0.0458. The number of aromatic nitrogens is 2. The van der Waals surface area contributed by atoms with Crippen LogP contribution in [0.3, 0.4) is 0 Å². The molecular weight excluding hydrogens is 330 g/mol. The molecule has 1 aromatic heterocycles. The van der Waals surface area contributed by atoms with E-state index in [1.54, 1.807) is 25.6 Å². The summed E-state index contributed by atoms with van der Waals surface area (Å²) in [5, 5.41) is 0.986. The Morgan fingerprint density at radius 3 is 2.50 bits per heavy atom. The van der Waals surface area contributed by atoms with Gasteiger partial charge in [0.25, 0.3) is 5.56 Å². The van der Waals surface area contributed by atoms with Gasteiger partial charge in [0.2, 0.25) is 0 Å². The van der Waals surface area contributed by atoms with Crippen molar-refractivity contribution in [1.82, 2.24) is 9.97 Å². The summed E-state index contributed by atoms with van der Waals surface area (Å²) in [5.74, 6) is -1.86. The smallest absolute Gasteiger partial charge is 0.254 e. The van der Waals surface area contributed by atoms with Crippen LogP contribution in [0.2, 0.25) is 0 Å². The van der Waals surface area contributed by atoms with Gasteiger partial charge >= 0.3 is 0 Å². The van der Waals surface area contributed by atoms with E-state index in [4.69, 9.17) is 0 Å². The highest BCUT2D eigenvalue weighted by atomic mass is 32.2. The topological polar surface area (TPSA) is 45.8 Å². The molecule has 0 radical (unpaired) electrons. The van der Waals surface area contributed by atoms with Crippen LogP contribution in [0.1, 0.15) is 55.3 Å². The van der Waals surface area contributed by atoms with Crippen LogP contribution < -0.4 is 5.56 Å². The first-order valence-corrected chi connectivity index (χ1v) is 9.06. The van der Waals surface area contributed by atoms with Gasteiger partial charge in [-0.05, 0) is 31.9 Å². The van der Waals surface area contributed by atoms with Crippen molar-refractivity contribution in [3.8, 4) is 0 Å². The van der Waals surface area contributed by atoms with E-state index in [0.717, 1.165) is 12.8 Å². The van der Waals surface area contributed by atoms with Gasteiger partial charge in [-0.1, -0.05) is 37.6 Å². The van der Waals surface area contributed by atoms with Crippen molar-refractivity contribution < 1.29 is 8.78 Å². The lowest BCUT2D eigenvalue weighted by atomic mass is 9.94. The molecule has 1 saturated carbocycles. The van der Waals surface area contributed by atoms with Crippen LogP contribution in [0.5, 0.6) is 0 Å². The van der Waals surface area contributed by atoms with E-state index in [1.165, 1.54) is 31.0 Å². The zero-order chi connectivity index (χ0) is 17.3. The van der Waals surface area contributed by atoms with E-state index in [2.05, 4.69) is 9.97 Å². The Labute approximate surface area is 143 Å². The second kappa shape index (κ2) is 7.05. The maximum atomic E-state index is 14.1. The largest absolute Gasteiger partial charge is 0.301 e. The number of hydrogen-bond donors (Lipinski definition) is 1. The maximum absolute atomic E-state index is 14.1. The lowest BCUT2D eigenvalue weighted by molar-refractivity contribution is 0.543. The van der Waals surface area contributed by atoms with E-state index < -0.39 is 17.6 Å². The van der Waals surface area contributed by atoms with Gasteiger partial charge in [-0.15, -0.1) is 0 Å². The second-order valence-electron chi connectivity index (χ2n) is 6.26. The molecule has 1 N–H and O–H groups in total. The van der Waals surface area contributed by atoms with Gasteiger partial charge in [-0.2, -0.15) is 0 Å². The van der Waals surface area contributed by atoms with Crippen molar-refractivity contribution >= 4 is 11.8 Å². The molecule has 1 fully saturated rings. The van der Waals surface area contributed by atoms with Gasteiger partial charge in [0, 0.05) is 22.3 Å². The molecular formula is C18H20F2N2OS. The molecule has 3 rings (SSSR count). The maximum Gasteiger partial charge on any atom is 0.254 e. The molecule has 0 unspecified atom stereocenters. The monoisotopic (exact) mass is 350 g/mol. The minimum atomic E-state index is -0.628. The highest BCUT2D eigenvalue weighted by Gasteiger charge is 2.24. The summed E-state index contributed by atoms with van der Waals surface area (Å²) in [6.45, 7) is 3.32. The van der Waals surface area contributed by atoms with Gasteiger partial charge < -0.3 is 4.98 Å². The van der Waals surface area contributed by atoms with Crippen molar-refractivity contribution in [3.63, 3.8) is 0 Å². The first kappa shape index (κ1) is 17.1. The molecule has 1 aliphatic carbocycles. The standard InChI is InChI=1S/C18H20F2N2OS/c1-10(15-13(19)8-5-9-14(15)20)16-11(2)17(23)22-18(21-16)24-12-6-3-4-7-12/h5,8-10,12H,3-4,6-7H2,1-2H3,(H,21,22,23)/t10-/m0/s1. The van der Waals surface area contributed by atoms with Crippen molar-refractivity contribution in [2.24, 2.45) is 0 Å². The second-order valence-corrected chi connectivity index (χ2v) is 7.55. The summed E-state index contributed by atoms with van der Waals surface area (Å²) in [7, 11) is 0. The molecule has 3 nitrogen and oxygen atoms in total. The Bertz CT molecular complexity index is 780. The predicted octanol–water partition coefficient (Wildman–Crippen LogP) is 4.54. The number of nitrogens with zero attached hydrogens (tertiary/aromatic N) is 1. The highest BCUT2D eigenvalue weighted by molar-refractivity contribution is 7.99.